The van der Waals surface area contributed by atoms with Crippen molar-refractivity contribution in [3.8, 4) is 5.75 Å². The third-order valence-corrected chi connectivity index (χ3v) is 6.15. The van der Waals surface area contributed by atoms with Crippen LogP contribution in [0.2, 0.25) is 15.1 Å². The predicted molar refractivity (Wildman–Crippen MR) is 137 cm³/mol. The molecule has 3 aromatic rings. The molecular formula is C26H19Cl3N2O4. The van der Waals surface area contributed by atoms with Crippen LogP contribution in [0.3, 0.4) is 0 Å². The third kappa shape index (κ3) is 5.35. The van der Waals surface area contributed by atoms with E-state index in [0.29, 0.717) is 16.1 Å². The molecule has 1 saturated heterocycles. The number of halogens is 3. The first-order chi connectivity index (χ1) is 16.6. The first-order valence-electron chi connectivity index (χ1n) is 10.5. The molecule has 1 N–H and O–H groups in total. The van der Waals surface area contributed by atoms with E-state index in [0.717, 1.165) is 16.0 Å². The lowest BCUT2D eigenvalue weighted by molar-refractivity contribution is -0.122. The van der Waals surface area contributed by atoms with Crippen LogP contribution in [-0.4, -0.2) is 17.8 Å². The molecule has 9 heteroatoms. The number of hydrogen-bond donors (Lipinski definition) is 1. The first kappa shape index (κ1) is 24.8. The quantitative estimate of drug-likeness (QED) is 0.302. The van der Waals surface area contributed by atoms with Gasteiger partial charge < -0.3 is 4.74 Å². The molecule has 1 aliphatic heterocycles. The number of benzene rings is 3. The SMILES string of the molecule is Cc1ccc(COc2c(Cl)cc(/C=C3\C(=O)NC(=O)N(c4cc(Cl)ccc4C)C3=O)cc2Cl)cc1. The van der Waals surface area contributed by atoms with E-state index in [1.54, 1.807) is 19.1 Å². The summed E-state index contributed by atoms with van der Waals surface area (Å²) in [5, 5.41) is 2.94. The van der Waals surface area contributed by atoms with Crippen molar-refractivity contribution in [3.05, 3.63) is 97.5 Å². The van der Waals surface area contributed by atoms with Gasteiger partial charge in [0, 0.05) is 5.02 Å². The molecule has 1 heterocycles. The van der Waals surface area contributed by atoms with Crippen molar-refractivity contribution in [1.82, 2.24) is 5.32 Å². The van der Waals surface area contributed by atoms with E-state index in [9.17, 15) is 14.4 Å². The molecule has 1 fully saturated rings. The Morgan fingerprint density at radius 1 is 0.914 bits per heavy atom. The number of amides is 4. The summed E-state index contributed by atoms with van der Waals surface area (Å²) in [6, 6.07) is 14.8. The van der Waals surface area contributed by atoms with Crippen LogP contribution in [-0.2, 0) is 16.2 Å². The summed E-state index contributed by atoms with van der Waals surface area (Å²) in [7, 11) is 0. The van der Waals surface area contributed by atoms with Gasteiger partial charge in [-0.2, -0.15) is 0 Å². The molecule has 4 amide bonds. The Morgan fingerprint density at radius 2 is 1.57 bits per heavy atom. The van der Waals surface area contributed by atoms with Crippen molar-refractivity contribution in [3.63, 3.8) is 0 Å². The molecule has 0 aliphatic carbocycles. The van der Waals surface area contributed by atoms with E-state index < -0.39 is 17.8 Å². The highest BCUT2D eigenvalue weighted by Gasteiger charge is 2.37. The highest BCUT2D eigenvalue weighted by molar-refractivity contribution is 6.40. The van der Waals surface area contributed by atoms with Crippen molar-refractivity contribution < 1.29 is 19.1 Å². The molecule has 4 rings (SSSR count). The lowest BCUT2D eigenvalue weighted by Gasteiger charge is -2.27. The number of nitrogens with one attached hydrogen (secondary N) is 1. The molecule has 0 atom stereocenters. The van der Waals surface area contributed by atoms with E-state index in [2.05, 4.69) is 5.32 Å². The summed E-state index contributed by atoms with van der Waals surface area (Å²) in [6.45, 7) is 3.98. The maximum Gasteiger partial charge on any atom is 0.335 e. The monoisotopic (exact) mass is 528 g/mol. The van der Waals surface area contributed by atoms with Gasteiger partial charge in [-0.15, -0.1) is 0 Å². The molecule has 6 nitrogen and oxygen atoms in total. The largest absolute Gasteiger partial charge is 0.486 e. The van der Waals surface area contributed by atoms with Crippen LogP contribution in [0.25, 0.3) is 6.08 Å². The normalized spacial score (nSPS) is 14.9. The summed E-state index contributed by atoms with van der Waals surface area (Å²) < 4.78 is 5.80. The smallest absolute Gasteiger partial charge is 0.335 e. The van der Waals surface area contributed by atoms with Crippen molar-refractivity contribution in [1.29, 1.82) is 0 Å². The molecule has 3 aromatic carbocycles. The number of aryl methyl sites for hydroxylation is 2. The summed E-state index contributed by atoms with van der Waals surface area (Å²) in [6.07, 6.45) is 1.32. The standard InChI is InChI=1S/C26H19Cl3N2O4/c1-14-3-6-16(7-4-14)13-35-23-20(28)10-17(11-21(23)29)9-19-24(32)30-26(34)31(25(19)33)22-12-18(27)8-5-15(22)2/h3-12H,13H2,1-2H3,(H,30,32,34)/b19-9+. The topological polar surface area (TPSA) is 75.7 Å². The van der Waals surface area contributed by atoms with Crippen LogP contribution >= 0.6 is 34.8 Å². The molecule has 0 radical (unpaired) electrons. The predicted octanol–water partition coefficient (Wildman–Crippen LogP) is 6.51. The average Bonchev–Trinajstić information content (AvgIpc) is 2.79. The van der Waals surface area contributed by atoms with Gasteiger partial charge in [0.2, 0.25) is 0 Å². The van der Waals surface area contributed by atoms with Crippen LogP contribution in [0.1, 0.15) is 22.3 Å². The second kappa shape index (κ2) is 10.1. The fourth-order valence-electron chi connectivity index (χ4n) is 3.51. The molecule has 0 aromatic heterocycles. The Morgan fingerprint density at radius 3 is 2.23 bits per heavy atom. The minimum absolute atomic E-state index is 0.207. The lowest BCUT2D eigenvalue weighted by atomic mass is 10.1. The number of carbonyl (C=O) groups excluding carboxylic acids is 3. The van der Waals surface area contributed by atoms with E-state index in [1.165, 1.54) is 24.3 Å². The highest BCUT2D eigenvalue weighted by atomic mass is 35.5. The molecule has 0 saturated carbocycles. The number of ether oxygens (including phenoxy) is 1. The zero-order valence-corrected chi connectivity index (χ0v) is 21.0. The molecule has 0 unspecified atom stereocenters. The van der Waals surface area contributed by atoms with E-state index >= 15 is 0 Å². The summed E-state index contributed by atoms with van der Waals surface area (Å²) >= 11 is 18.9. The zero-order valence-electron chi connectivity index (χ0n) is 18.7. The highest BCUT2D eigenvalue weighted by Crippen LogP contribution is 2.36. The van der Waals surface area contributed by atoms with E-state index in [1.807, 2.05) is 31.2 Å². The third-order valence-electron chi connectivity index (χ3n) is 5.35. The molecular weight excluding hydrogens is 511 g/mol. The lowest BCUT2D eigenvalue weighted by Crippen LogP contribution is -2.54. The van der Waals surface area contributed by atoms with Crippen LogP contribution < -0.4 is 15.0 Å². The maximum absolute atomic E-state index is 13.2. The number of barbiturate groups is 1. The summed E-state index contributed by atoms with van der Waals surface area (Å²) in [5.74, 6) is -1.35. The number of urea groups is 1. The second-order valence-corrected chi connectivity index (χ2v) is 9.23. The van der Waals surface area contributed by atoms with E-state index in [4.69, 9.17) is 39.5 Å². The van der Waals surface area contributed by atoms with Crippen molar-refractivity contribution in [2.45, 2.75) is 20.5 Å². The fraction of sp³-hybridized carbons (Fsp3) is 0.115. The number of nitrogens with zero attached hydrogens (tertiary/aromatic N) is 1. The van der Waals surface area contributed by atoms with Gasteiger partial charge in [0.05, 0.1) is 15.7 Å². The molecule has 0 spiro atoms. The number of rotatable bonds is 5. The van der Waals surface area contributed by atoms with Crippen molar-refractivity contribution in [2.24, 2.45) is 0 Å². The maximum atomic E-state index is 13.2. The number of carbonyl (C=O) groups is 3. The molecule has 35 heavy (non-hydrogen) atoms. The van der Waals surface area contributed by atoms with Gasteiger partial charge in [0.25, 0.3) is 11.8 Å². The van der Waals surface area contributed by atoms with Crippen molar-refractivity contribution >= 4 is 64.4 Å². The average molecular weight is 530 g/mol. The number of imide groups is 2. The minimum atomic E-state index is -0.863. The van der Waals surface area contributed by atoms with Crippen LogP contribution in [0.5, 0.6) is 5.75 Å². The van der Waals surface area contributed by atoms with Gasteiger partial charge in [-0.05, 0) is 60.9 Å². The van der Waals surface area contributed by atoms with Gasteiger partial charge in [-0.25, -0.2) is 9.69 Å². The van der Waals surface area contributed by atoms with Gasteiger partial charge in [0.1, 0.15) is 12.2 Å². The Balaban J connectivity index is 1.62. The van der Waals surface area contributed by atoms with Crippen LogP contribution in [0.15, 0.2) is 60.2 Å². The molecule has 178 valence electrons. The van der Waals surface area contributed by atoms with Crippen molar-refractivity contribution in [2.75, 3.05) is 4.90 Å². The van der Waals surface area contributed by atoms with Gasteiger partial charge in [-0.1, -0.05) is 70.7 Å². The van der Waals surface area contributed by atoms with E-state index in [-0.39, 0.29) is 33.7 Å². The number of hydrogen-bond acceptors (Lipinski definition) is 4. The number of anilines is 1. The Hall–Kier alpha value is -3.32. The van der Waals surface area contributed by atoms with Crippen LogP contribution in [0.4, 0.5) is 10.5 Å². The summed E-state index contributed by atoms with van der Waals surface area (Å²) in [5.41, 5.74) is 3.11. The van der Waals surface area contributed by atoms with Gasteiger partial charge in [-0.3, -0.25) is 14.9 Å². The Kier molecular flexibility index (Phi) is 7.17. The molecule has 1 aliphatic rings. The Bertz CT molecular complexity index is 1360. The second-order valence-electron chi connectivity index (χ2n) is 7.98. The summed E-state index contributed by atoms with van der Waals surface area (Å²) in [4.78, 5) is 39.0. The fourth-order valence-corrected chi connectivity index (χ4v) is 4.29. The first-order valence-corrected chi connectivity index (χ1v) is 11.6. The zero-order chi connectivity index (χ0) is 25.3. The van der Waals surface area contributed by atoms with Crippen LogP contribution in [0, 0.1) is 13.8 Å². The van der Waals surface area contributed by atoms with Gasteiger partial charge >= 0.3 is 6.03 Å². The minimum Gasteiger partial charge on any atom is -0.486 e. The van der Waals surface area contributed by atoms with Gasteiger partial charge in [0.15, 0.2) is 5.75 Å². The molecule has 0 bridgehead atoms. The Labute approximate surface area is 217 Å².